The molecule has 0 saturated heterocycles. The van der Waals surface area contributed by atoms with Crippen LogP contribution in [0, 0.1) is 6.92 Å². The molecule has 1 aliphatic rings. The average Bonchev–Trinajstić information content (AvgIpc) is 2.91. The van der Waals surface area contributed by atoms with E-state index in [1.807, 2.05) is 0 Å². The van der Waals surface area contributed by atoms with Crippen LogP contribution in [0.25, 0.3) is 0 Å². The predicted octanol–water partition coefficient (Wildman–Crippen LogP) is 4.48. The van der Waals surface area contributed by atoms with E-state index in [2.05, 4.69) is 47.6 Å². The number of hydrogen-bond donors (Lipinski definition) is 2. The molecule has 0 amide bonds. The van der Waals surface area contributed by atoms with Gasteiger partial charge >= 0.3 is 0 Å². The van der Waals surface area contributed by atoms with Crippen LogP contribution in [0.2, 0.25) is 0 Å². The third-order valence-corrected chi connectivity index (χ3v) is 4.85. The number of aliphatic imine (C=N–C) groups is 1. The molecular formula is C17H22IN3S. The van der Waals surface area contributed by atoms with Crippen molar-refractivity contribution >= 4 is 47.0 Å². The summed E-state index contributed by atoms with van der Waals surface area (Å²) in [7, 11) is 0. The van der Waals surface area contributed by atoms with Gasteiger partial charge in [0.15, 0.2) is 5.96 Å². The minimum Gasteiger partial charge on any atom is -0.370 e. The maximum absolute atomic E-state index is 6.04. The molecular weight excluding hydrogens is 405 g/mol. The summed E-state index contributed by atoms with van der Waals surface area (Å²) in [5.74, 6) is 0.500. The molecule has 3 nitrogen and oxygen atoms in total. The summed E-state index contributed by atoms with van der Waals surface area (Å²) in [5, 5.41) is 3.28. The highest BCUT2D eigenvalue weighted by molar-refractivity contribution is 14.0. The summed E-state index contributed by atoms with van der Waals surface area (Å²) in [4.78, 5) is 7.00. The van der Waals surface area contributed by atoms with Gasteiger partial charge in [-0.05, 0) is 61.9 Å². The zero-order chi connectivity index (χ0) is 14.7. The fraction of sp³-hybridized carbons (Fsp3) is 0.353. The quantitative estimate of drug-likeness (QED) is 0.431. The minimum atomic E-state index is 0. The van der Waals surface area contributed by atoms with E-state index in [4.69, 9.17) is 5.73 Å². The largest absolute Gasteiger partial charge is 0.370 e. The lowest BCUT2D eigenvalue weighted by atomic mass is 9.90. The van der Waals surface area contributed by atoms with Crippen molar-refractivity contribution in [2.75, 3.05) is 5.32 Å². The van der Waals surface area contributed by atoms with E-state index in [0.717, 1.165) is 12.1 Å². The van der Waals surface area contributed by atoms with Crippen molar-refractivity contribution in [1.82, 2.24) is 0 Å². The Hall–Kier alpha value is -1.08. The molecule has 3 rings (SSSR count). The van der Waals surface area contributed by atoms with Crippen LogP contribution in [0.3, 0.4) is 0 Å². The number of nitrogens with two attached hydrogens (primary N) is 1. The molecule has 0 saturated carbocycles. The van der Waals surface area contributed by atoms with Crippen LogP contribution in [-0.4, -0.2) is 5.96 Å². The Bertz CT molecular complexity index is 664. The van der Waals surface area contributed by atoms with Gasteiger partial charge in [0, 0.05) is 15.4 Å². The third-order valence-electron chi connectivity index (χ3n) is 3.86. The molecule has 2 aromatic rings. The van der Waals surface area contributed by atoms with Crippen LogP contribution in [0.1, 0.15) is 33.7 Å². The van der Waals surface area contributed by atoms with E-state index in [0.29, 0.717) is 12.5 Å². The highest BCUT2D eigenvalue weighted by Crippen LogP contribution is 2.27. The van der Waals surface area contributed by atoms with Crippen molar-refractivity contribution in [3.8, 4) is 0 Å². The Kier molecular flexibility index (Phi) is 6.26. The summed E-state index contributed by atoms with van der Waals surface area (Å²) in [5.41, 5.74) is 10.0. The number of nitrogens with one attached hydrogen (secondary N) is 1. The Morgan fingerprint density at radius 1 is 1.23 bits per heavy atom. The number of hydrogen-bond acceptors (Lipinski definition) is 2. The molecule has 1 aromatic heterocycles. The summed E-state index contributed by atoms with van der Waals surface area (Å²) in [6.07, 6.45) is 4.86. The van der Waals surface area contributed by atoms with Crippen molar-refractivity contribution in [3.63, 3.8) is 0 Å². The Morgan fingerprint density at radius 3 is 2.82 bits per heavy atom. The molecule has 0 unspecified atom stereocenters. The molecule has 0 atom stereocenters. The molecule has 0 radical (unpaired) electrons. The number of halogens is 1. The minimum absolute atomic E-state index is 0. The van der Waals surface area contributed by atoms with Crippen LogP contribution in [0.15, 0.2) is 35.3 Å². The first-order chi connectivity index (χ1) is 10.2. The van der Waals surface area contributed by atoms with Crippen LogP contribution in [-0.2, 0) is 19.4 Å². The van der Waals surface area contributed by atoms with Crippen molar-refractivity contribution in [1.29, 1.82) is 0 Å². The van der Waals surface area contributed by atoms with E-state index in [1.165, 1.54) is 40.1 Å². The molecule has 0 fully saturated rings. The highest BCUT2D eigenvalue weighted by atomic mass is 127. The number of fused-ring (bicyclic) bond motifs is 1. The fourth-order valence-corrected chi connectivity index (χ4v) is 3.62. The summed E-state index contributed by atoms with van der Waals surface area (Å²) in [6, 6.07) is 10.7. The van der Waals surface area contributed by atoms with Gasteiger partial charge in [-0.3, -0.25) is 0 Å². The number of benzene rings is 1. The van der Waals surface area contributed by atoms with Crippen LogP contribution in [0.5, 0.6) is 0 Å². The Labute approximate surface area is 153 Å². The number of rotatable bonds is 3. The average molecular weight is 427 g/mol. The third kappa shape index (κ3) is 4.23. The van der Waals surface area contributed by atoms with Crippen LogP contribution in [0.4, 0.5) is 5.69 Å². The molecule has 1 aliphatic carbocycles. The lowest BCUT2D eigenvalue weighted by molar-refractivity contribution is 0.687. The number of nitrogens with zero attached hydrogens (tertiary/aromatic N) is 1. The molecule has 3 N–H and O–H groups in total. The smallest absolute Gasteiger partial charge is 0.193 e. The Morgan fingerprint density at radius 2 is 2.05 bits per heavy atom. The molecule has 0 aliphatic heterocycles. The number of aryl methyl sites for hydroxylation is 2. The zero-order valence-electron chi connectivity index (χ0n) is 12.8. The maximum atomic E-state index is 6.04. The SMILES string of the molecule is Cc1ccc(CN=C(N)Nc2cccc3c2CCCC3)s1.I. The van der Waals surface area contributed by atoms with E-state index < -0.39 is 0 Å². The van der Waals surface area contributed by atoms with E-state index in [9.17, 15) is 0 Å². The lowest BCUT2D eigenvalue weighted by Gasteiger charge is -2.19. The molecule has 1 aromatic carbocycles. The predicted molar refractivity (Wildman–Crippen MR) is 107 cm³/mol. The van der Waals surface area contributed by atoms with Crippen LogP contribution < -0.4 is 11.1 Å². The van der Waals surface area contributed by atoms with Crippen molar-refractivity contribution in [3.05, 3.63) is 51.2 Å². The van der Waals surface area contributed by atoms with Gasteiger partial charge in [0.25, 0.3) is 0 Å². The molecule has 22 heavy (non-hydrogen) atoms. The van der Waals surface area contributed by atoms with Gasteiger partial charge in [-0.1, -0.05) is 12.1 Å². The van der Waals surface area contributed by atoms with Gasteiger partial charge in [-0.15, -0.1) is 35.3 Å². The number of guanidine groups is 1. The zero-order valence-corrected chi connectivity index (χ0v) is 15.9. The van der Waals surface area contributed by atoms with Gasteiger partial charge in [-0.2, -0.15) is 0 Å². The fourth-order valence-electron chi connectivity index (χ4n) is 2.81. The monoisotopic (exact) mass is 427 g/mol. The second-order valence-corrected chi connectivity index (χ2v) is 6.86. The lowest BCUT2D eigenvalue weighted by Crippen LogP contribution is -2.24. The van der Waals surface area contributed by atoms with E-state index >= 15 is 0 Å². The summed E-state index contributed by atoms with van der Waals surface area (Å²) in [6.45, 7) is 2.75. The normalized spacial score (nSPS) is 14.1. The first-order valence-electron chi connectivity index (χ1n) is 7.45. The van der Waals surface area contributed by atoms with Gasteiger partial charge in [0.2, 0.25) is 0 Å². The van der Waals surface area contributed by atoms with E-state index in [-0.39, 0.29) is 24.0 Å². The first kappa shape index (κ1) is 17.3. The highest BCUT2D eigenvalue weighted by Gasteiger charge is 2.13. The molecule has 0 bridgehead atoms. The second-order valence-electron chi connectivity index (χ2n) is 5.49. The second kappa shape index (κ2) is 7.97. The molecule has 5 heteroatoms. The van der Waals surface area contributed by atoms with Crippen LogP contribution >= 0.6 is 35.3 Å². The number of anilines is 1. The van der Waals surface area contributed by atoms with Crippen molar-refractivity contribution < 1.29 is 0 Å². The van der Waals surface area contributed by atoms with Gasteiger partial charge in [-0.25, -0.2) is 4.99 Å². The molecule has 118 valence electrons. The summed E-state index contributed by atoms with van der Waals surface area (Å²) >= 11 is 1.77. The Balaban J connectivity index is 0.00000176. The standard InChI is InChI=1S/C17H21N3S.HI/c1-12-9-10-14(21-12)11-19-17(18)20-16-8-4-6-13-5-2-3-7-15(13)16;/h4,6,8-10H,2-3,5,7,11H2,1H3,(H3,18,19,20);1H. The first-order valence-corrected chi connectivity index (χ1v) is 8.27. The van der Waals surface area contributed by atoms with Gasteiger partial charge in [0.05, 0.1) is 6.54 Å². The maximum Gasteiger partial charge on any atom is 0.193 e. The van der Waals surface area contributed by atoms with E-state index in [1.54, 1.807) is 11.3 Å². The molecule has 0 spiro atoms. The van der Waals surface area contributed by atoms with Gasteiger partial charge in [0.1, 0.15) is 0 Å². The van der Waals surface area contributed by atoms with Gasteiger partial charge < -0.3 is 11.1 Å². The number of thiophene rings is 1. The van der Waals surface area contributed by atoms with Crippen molar-refractivity contribution in [2.24, 2.45) is 10.7 Å². The summed E-state index contributed by atoms with van der Waals surface area (Å²) < 4.78 is 0. The molecule has 1 heterocycles. The van der Waals surface area contributed by atoms with Crippen molar-refractivity contribution in [2.45, 2.75) is 39.2 Å². The topological polar surface area (TPSA) is 50.4 Å².